The Morgan fingerprint density at radius 3 is 2.53 bits per heavy atom. The normalized spacial score (nSPS) is 24.9. The van der Waals surface area contributed by atoms with Crippen LogP contribution in [0, 0.1) is 11.3 Å². The van der Waals surface area contributed by atoms with Gasteiger partial charge in [0.1, 0.15) is 0 Å². The van der Waals surface area contributed by atoms with E-state index >= 15 is 0 Å². The lowest BCUT2D eigenvalue weighted by Crippen LogP contribution is -2.47. The average Bonchev–Trinajstić information content (AvgIpc) is 2.78. The SMILES string of the molecule is CCC(CC)(CO)CNC(=O)C1NCCC1C. The third kappa shape index (κ3) is 3.42. The lowest BCUT2D eigenvalue weighted by Gasteiger charge is -2.30. The van der Waals surface area contributed by atoms with Crippen molar-refractivity contribution < 1.29 is 9.90 Å². The van der Waals surface area contributed by atoms with Crippen LogP contribution in [-0.4, -0.2) is 36.8 Å². The zero-order chi connectivity index (χ0) is 12.9. The number of nitrogens with one attached hydrogen (secondary N) is 2. The topological polar surface area (TPSA) is 61.4 Å². The van der Waals surface area contributed by atoms with Crippen molar-refractivity contribution in [1.82, 2.24) is 10.6 Å². The van der Waals surface area contributed by atoms with Crippen LogP contribution in [0.15, 0.2) is 0 Å². The van der Waals surface area contributed by atoms with Gasteiger partial charge in [-0.25, -0.2) is 0 Å². The summed E-state index contributed by atoms with van der Waals surface area (Å²) in [5.41, 5.74) is -0.155. The van der Waals surface area contributed by atoms with Crippen LogP contribution in [0.25, 0.3) is 0 Å². The average molecular weight is 242 g/mol. The molecule has 100 valence electrons. The first-order valence-corrected chi connectivity index (χ1v) is 6.70. The Balaban J connectivity index is 2.46. The molecule has 0 spiro atoms. The van der Waals surface area contributed by atoms with Crippen molar-refractivity contribution in [2.24, 2.45) is 11.3 Å². The Bertz CT molecular complexity index is 244. The second-order valence-electron chi connectivity index (χ2n) is 5.28. The minimum Gasteiger partial charge on any atom is -0.396 e. The third-order valence-electron chi connectivity index (χ3n) is 4.29. The summed E-state index contributed by atoms with van der Waals surface area (Å²) in [6.45, 7) is 7.84. The molecule has 1 rings (SSSR count). The van der Waals surface area contributed by atoms with Gasteiger partial charge in [-0.3, -0.25) is 4.79 Å². The van der Waals surface area contributed by atoms with Crippen LogP contribution in [0.1, 0.15) is 40.0 Å². The largest absolute Gasteiger partial charge is 0.396 e. The summed E-state index contributed by atoms with van der Waals surface area (Å²) in [5.74, 6) is 0.483. The minimum absolute atomic E-state index is 0.0555. The number of carbonyl (C=O) groups is 1. The number of carbonyl (C=O) groups excluding carboxylic acids is 1. The van der Waals surface area contributed by atoms with Gasteiger partial charge >= 0.3 is 0 Å². The highest BCUT2D eigenvalue weighted by Crippen LogP contribution is 2.24. The van der Waals surface area contributed by atoms with E-state index in [9.17, 15) is 9.90 Å². The Labute approximate surface area is 104 Å². The Hall–Kier alpha value is -0.610. The van der Waals surface area contributed by atoms with Crippen LogP contribution in [0.4, 0.5) is 0 Å². The molecule has 1 saturated heterocycles. The van der Waals surface area contributed by atoms with Gasteiger partial charge < -0.3 is 15.7 Å². The van der Waals surface area contributed by atoms with Crippen molar-refractivity contribution in [1.29, 1.82) is 0 Å². The molecule has 0 aromatic rings. The van der Waals surface area contributed by atoms with Crippen molar-refractivity contribution in [3.8, 4) is 0 Å². The molecule has 0 saturated carbocycles. The quantitative estimate of drug-likeness (QED) is 0.648. The molecule has 2 atom stereocenters. The molecular formula is C13H26N2O2. The van der Waals surface area contributed by atoms with E-state index < -0.39 is 0 Å². The first-order valence-electron chi connectivity index (χ1n) is 6.70. The second kappa shape index (κ2) is 6.36. The summed E-state index contributed by atoms with van der Waals surface area (Å²) < 4.78 is 0. The molecule has 0 radical (unpaired) electrons. The van der Waals surface area contributed by atoms with Gasteiger partial charge in [0, 0.05) is 12.0 Å². The molecular weight excluding hydrogens is 216 g/mol. The van der Waals surface area contributed by atoms with E-state index in [0.717, 1.165) is 25.8 Å². The van der Waals surface area contributed by atoms with Gasteiger partial charge in [0.2, 0.25) is 5.91 Å². The standard InChI is InChI=1S/C13H26N2O2/c1-4-13(5-2,9-16)8-15-12(17)11-10(3)6-7-14-11/h10-11,14,16H,4-9H2,1-3H3,(H,15,17). The lowest BCUT2D eigenvalue weighted by atomic mass is 9.83. The third-order valence-corrected chi connectivity index (χ3v) is 4.29. The summed E-state index contributed by atoms with van der Waals surface area (Å²) in [4.78, 5) is 12.0. The molecule has 1 amide bonds. The maximum absolute atomic E-state index is 12.0. The predicted octanol–water partition coefficient (Wildman–Crippen LogP) is 0.899. The van der Waals surface area contributed by atoms with E-state index in [1.54, 1.807) is 0 Å². The molecule has 1 heterocycles. The molecule has 1 aliphatic heterocycles. The summed E-state index contributed by atoms with van der Waals surface area (Å²) in [7, 11) is 0. The maximum Gasteiger partial charge on any atom is 0.237 e. The molecule has 17 heavy (non-hydrogen) atoms. The van der Waals surface area contributed by atoms with Gasteiger partial charge in [0.15, 0.2) is 0 Å². The summed E-state index contributed by atoms with van der Waals surface area (Å²) in [6, 6.07) is -0.0555. The van der Waals surface area contributed by atoms with E-state index in [2.05, 4.69) is 31.4 Å². The highest BCUT2D eigenvalue weighted by atomic mass is 16.3. The molecule has 0 bridgehead atoms. The Kier molecular flexibility index (Phi) is 5.40. The Morgan fingerprint density at radius 2 is 2.12 bits per heavy atom. The zero-order valence-electron chi connectivity index (χ0n) is 11.3. The van der Waals surface area contributed by atoms with E-state index in [1.165, 1.54) is 0 Å². The smallest absolute Gasteiger partial charge is 0.237 e. The number of amides is 1. The molecule has 0 aliphatic carbocycles. The number of rotatable bonds is 6. The van der Waals surface area contributed by atoms with Crippen LogP contribution in [0.3, 0.4) is 0 Å². The monoisotopic (exact) mass is 242 g/mol. The predicted molar refractivity (Wildman–Crippen MR) is 68.7 cm³/mol. The summed E-state index contributed by atoms with van der Waals surface area (Å²) >= 11 is 0. The molecule has 4 heteroatoms. The zero-order valence-corrected chi connectivity index (χ0v) is 11.3. The first kappa shape index (κ1) is 14.5. The van der Waals surface area contributed by atoms with Gasteiger partial charge in [-0.15, -0.1) is 0 Å². The van der Waals surface area contributed by atoms with Gasteiger partial charge in [-0.1, -0.05) is 20.8 Å². The fourth-order valence-electron chi connectivity index (χ4n) is 2.35. The molecule has 3 N–H and O–H groups in total. The summed E-state index contributed by atoms with van der Waals surface area (Å²) in [6.07, 6.45) is 2.83. The van der Waals surface area contributed by atoms with Gasteiger partial charge in [-0.05, 0) is 31.7 Å². The van der Waals surface area contributed by atoms with E-state index in [1.807, 2.05) is 0 Å². The van der Waals surface area contributed by atoms with Crippen molar-refractivity contribution in [3.05, 3.63) is 0 Å². The number of hydrogen-bond acceptors (Lipinski definition) is 3. The van der Waals surface area contributed by atoms with Crippen molar-refractivity contribution in [2.75, 3.05) is 19.7 Å². The molecule has 1 aliphatic rings. The van der Waals surface area contributed by atoms with Gasteiger partial charge in [0.25, 0.3) is 0 Å². The molecule has 0 aromatic carbocycles. The maximum atomic E-state index is 12.0. The Morgan fingerprint density at radius 1 is 1.47 bits per heavy atom. The number of hydrogen-bond donors (Lipinski definition) is 3. The highest BCUT2D eigenvalue weighted by molar-refractivity contribution is 5.82. The van der Waals surface area contributed by atoms with Crippen molar-refractivity contribution in [2.45, 2.75) is 46.1 Å². The molecule has 0 aromatic heterocycles. The number of aliphatic hydroxyl groups is 1. The van der Waals surface area contributed by atoms with Crippen LogP contribution in [0.5, 0.6) is 0 Å². The van der Waals surface area contributed by atoms with E-state index in [0.29, 0.717) is 12.5 Å². The van der Waals surface area contributed by atoms with Crippen LogP contribution in [-0.2, 0) is 4.79 Å². The van der Waals surface area contributed by atoms with Crippen molar-refractivity contribution >= 4 is 5.91 Å². The van der Waals surface area contributed by atoms with E-state index in [4.69, 9.17) is 0 Å². The second-order valence-corrected chi connectivity index (χ2v) is 5.28. The van der Waals surface area contributed by atoms with Crippen LogP contribution < -0.4 is 10.6 Å². The van der Waals surface area contributed by atoms with E-state index in [-0.39, 0.29) is 24.0 Å². The number of aliphatic hydroxyl groups excluding tert-OH is 1. The van der Waals surface area contributed by atoms with Crippen LogP contribution >= 0.6 is 0 Å². The van der Waals surface area contributed by atoms with Crippen molar-refractivity contribution in [3.63, 3.8) is 0 Å². The van der Waals surface area contributed by atoms with Gasteiger partial charge in [0.05, 0.1) is 12.6 Å². The molecule has 1 fully saturated rings. The molecule has 2 unspecified atom stereocenters. The molecule has 4 nitrogen and oxygen atoms in total. The minimum atomic E-state index is -0.155. The lowest BCUT2D eigenvalue weighted by molar-refractivity contribution is -0.124. The fraction of sp³-hybridized carbons (Fsp3) is 0.923. The summed E-state index contributed by atoms with van der Waals surface area (Å²) in [5, 5.41) is 15.6. The van der Waals surface area contributed by atoms with Crippen LogP contribution in [0.2, 0.25) is 0 Å². The van der Waals surface area contributed by atoms with Gasteiger partial charge in [-0.2, -0.15) is 0 Å². The first-order chi connectivity index (χ1) is 8.08. The fourth-order valence-corrected chi connectivity index (χ4v) is 2.35. The highest BCUT2D eigenvalue weighted by Gasteiger charge is 2.31.